The van der Waals surface area contributed by atoms with E-state index < -0.39 is 0 Å². The number of rotatable bonds is 4. The SMILES string of the molecule is CNCc1ccccc1NC(=O)C1CCCOC1. The molecule has 1 aromatic rings. The Balaban J connectivity index is 2.01. The predicted octanol–water partition coefficient (Wildman–Crippen LogP) is 1.77. The molecule has 0 bridgehead atoms. The third-order valence-electron chi connectivity index (χ3n) is 3.17. The first-order valence-corrected chi connectivity index (χ1v) is 6.42. The summed E-state index contributed by atoms with van der Waals surface area (Å²) < 4.78 is 5.35. The van der Waals surface area contributed by atoms with Crippen LogP contribution in [-0.2, 0) is 16.1 Å². The Kier molecular flexibility index (Phi) is 4.73. The van der Waals surface area contributed by atoms with Gasteiger partial charge in [-0.25, -0.2) is 0 Å². The van der Waals surface area contributed by atoms with Crippen LogP contribution in [0.4, 0.5) is 5.69 Å². The fourth-order valence-corrected chi connectivity index (χ4v) is 2.17. The molecule has 4 nitrogen and oxygen atoms in total. The highest BCUT2D eigenvalue weighted by molar-refractivity contribution is 5.93. The number of nitrogens with one attached hydrogen (secondary N) is 2. The molecule has 1 aliphatic heterocycles. The molecule has 0 aromatic heterocycles. The van der Waals surface area contributed by atoms with E-state index in [1.54, 1.807) is 0 Å². The third kappa shape index (κ3) is 3.31. The number of anilines is 1. The van der Waals surface area contributed by atoms with E-state index in [9.17, 15) is 4.79 Å². The van der Waals surface area contributed by atoms with Crippen molar-refractivity contribution in [2.45, 2.75) is 19.4 Å². The Hall–Kier alpha value is -1.39. The normalized spacial score (nSPS) is 19.5. The maximum Gasteiger partial charge on any atom is 0.229 e. The molecule has 0 radical (unpaired) electrons. The fourth-order valence-electron chi connectivity index (χ4n) is 2.17. The van der Waals surface area contributed by atoms with Crippen molar-refractivity contribution in [1.29, 1.82) is 0 Å². The minimum atomic E-state index is -0.0126. The van der Waals surface area contributed by atoms with E-state index in [0.717, 1.165) is 37.2 Å². The molecule has 1 unspecified atom stereocenters. The van der Waals surface area contributed by atoms with Gasteiger partial charge in [0.2, 0.25) is 5.91 Å². The lowest BCUT2D eigenvalue weighted by molar-refractivity contribution is -0.123. The van der Waals surface area contributed by atoms with E-state index in [1.165, 1.54) is 0 Å². The molecule has 1 aliphatic rings. The Morgan fingerprint density at radius 2 is 2.28 bits per heavy atom. The molecule has 0 saturated carbocycles. The molecule has 2 N–H and O–H groups in total. The summed E-state index contributed by atoms with van der Waals surface area (Å²) in [4.78, 5) is 12.1. The Morgan fingerprint density at radius 3 is 3.00 bits per heavy atom. The van der Waals surface area contributed by atoms with Gasteiger partial charge in [0.05, 0.1) is 12.5 Å². The zero-order chi connectivity index (χ0) is 12.8. The van der Waals surface area contributed by atoms with Crippen LogP contribution in [0.15, 0.2) is 24.3 Å². The largest absolute Gasteiger partial charge is 0.381 e. The van der Waals surface area contributed by atoms with Gasteiger partial charge in [0, 0.05) is 18.8 Å². The molecule has 1 heterocycles. The molecule has 1 saturated heterocycles. The van der Waals surface area contributed by atoms with Crippen LogP contribution in [0.25, 0.3) is 0 Å². The van der Waals surface area contributed by atoms with Crippen LogP contribution in [0.5, 0.6) is 0 Å². The van der Waals surface area contributed by atoms with Gasteiger partial charge in [-0.05, 0) is 31.5 Å². The second-order valence-electron chi connectivity index (χ2n) is 4.59. The van der Waals surface area contributed by atoms with Gasteiger partial charge in [-0.15, -0.1) is 0 Å². The van der Waals surface area contributed by atoms with E-state index in [1.807, 2.05) is 31.3 Å². The topological polar surface area (TPSA) is 50.4 Å². The number of hydrogen-bond donors (Lipinski definition) is 2. The second kappa shape index (κ2) is 6.52. The quantitative estimate of drug-likeness (QED) is 0.854. The maximum absolute atomic E-state index is 12.1. The summed E-state index contributed by atoms with van der Waals surface area (Å²) in [6.45, 7) is 2.07. The van der Waals surface area contributed by atoms with Crippen LogP contribution in [0.3, 0.4) is 0 Å². The zero-order valence-electron chi connectivity index (χ0n) is 10.7. The molecule has 1 amide bonds. The summed E-state index contributed by atoms with van der Waals surface area (Å²) in [7, 11) is 1.90. The van der Waals surface area contributed by atoms with Crippen molar-refractivity contribution in [2.24, 2.45) is 5.92 Å². The van der Waals surface area contributed by atoms with Gasteiger partial charge in [0.25, 0.3) is 0 Å². The Bertz CT molecular complexity index is 401. The summed E-state index contributed by atoms with van der Waals surface area (Å²) in [5.74, 6) is 0.0552. The molecule has 98 valence electrons. The standard InChI is InChI=1S/C14H20N2O2/c1-15-9-11-5-2-3-7-13(11)16-14(17)12-6-4-8-18-10-12/h2-3,5,7,12,15H,4,6,8-10H2,1H3,(H,16,17). The average molecular weight is 248 g/mol. The van der Waals surface area contributed by atoms with Gasteiger partial charge >= 0.3 is 0 Å². The first-order chi connectivity index (χ1) is 8.81. The second-order valence-corrected chi connectivity index (χ2v) is 4.59. The lowest BCUT2D eigenvalue weighted by Crippen LogP contribution is -2.30. The first-order valence-electron chi connectivity index (χ1n) is 6.42. The molecule has 2 rings (SSSR count). The molecule has 1 aromatic carbocycles. The zero-order valence-corrected chi connectivity index (χ0v) is 10.7. The fraction of sp³-hybridized carbons (Fsp3) is 0.500. The molecular weight excluding hydrogens is 228 g/mol. The molecule has 1 atom stereocenters. The molecule has 18 heavy (non-hydrogen) atoms. The summed E-state index contributed by atoms with van der Waals surface area (Å²) in [5.41, 5.74) is 1.99. The van der Waals surface area contributed by atoms with E-state index in [2.05, 4.69) is 10.6 Å². The average Bonchev–Trinajstić information content (AvgIpc) is 2.42. The lowest BCUT2D eigenvalue weighted by atomic mass is 10.0. The third-order valence-corrected chi connectivity index (χ3v) is 3.17. The molecule has 0 aliphatic carbocycles. The highest BCUT2D eigenvalue weighted by Gasteiger charge is 2.22. The maximum atomic E-state index is 12.1. The lowest BCUT2D eigenvalue weighted by Gasteiger charge is -2.22. The van der Waals surface area contributed by atoms with Crippen LogP contribution >= 0.6 is 0 Å². The van der Waals surface area contributed by atoms with Gasteiger partial charge in [-0.2, -0.15) is 0 Å². The minimum absolute atomic E-state index is 0.0126. The van der Waals surface area contributed by atoms with Crippen molar-refractivity contribution in [2.75, 3.05) is 25.6 Å². The van der Waals surface area contributed by atoms with E-state index in [4.69, 9.17) is 4.74 Å². The monoisotopic (exact) mass is 248 g/mol. The number of carbonyl (C=O) groups excluding carboxylic acids is 1. The van der Waals surface area contributed by atoms with Crippen molar-refractivity contribution in [3.05, 3.63) is 29.8 Å². The highest BCUT2D eigenvalue weighted by atomic mass is 16.5. The summed E-state index contributed by atoms with van der Waals surface area (Å²) in [6, 6.07) is 7.87. The van der Waals surface area contributed by atoms with Crippen LogP contribution in [0.2, 0.25) is 0 Å². The van der Waals surface area contributed by atoms with Gasteiger partial charge < -0.3 is 15.4 Å². The number of hydrogen-bond acceptors (Lipinski definition) is 3. The molecular formula is C14H20N2O2. The van der Waals surface area contributed by atoms with Crippen molar-refractivity contribution in [3.8, 4) is 0 Å². The van der Waals surface area contributed by atoms with Crippen LogP contribution in [0, 0.1) is 5.92 Å². The molecule has 1 fully saturated rings. The Morgan fingerprint density at radius 1 is 1.44 bits per heavy atom. The van der Waals surface area contributed by atoms with Gasteiger partial charge in [0.15, 0.2) is 0 Å². The van der Waals surface area contributed by atoms with Crippen LogP contribution in [0.1, 0.15) is 18.4 Å². The van der Waals surface area contributed by atoms with E-state index in [-0.39, 0.29) is 11.8 Å². The molecule has 0 spiro atoms. The number of amides is 1. The summed E-state index contributed by atoms with van der Waals surface area (Å²) >= 11 is 0. The summed E-state index contributed by atoms with van der Waals surface area (Å²) in [5, 5.41) is 6.11. The minimum Gasteiger partial charge on any atom is -0.381 e. The number of ether oxygens (including phenoxy) is 1. The van der Waals surface area contributed by atoms with Gasteiger partial charge in [0.1, 0.15) is 0 Å². The van der Waals surface area contributed by atoms with Gasteiger partial charge in [-0.1, -0.05) is 18.2 Å². The number of benzene rings is 1. The predicted molar refractivity (Wildman–Crippen MR) is 71.4 cm³/mol. The van der Waals surface area contributed by atoms with Crippen molar-refractivity contribution in [1.82, 2.24) is 5.32 Å². The smallest absolute Gasteiger partial charge is 0.229 e. The Labute approximate surface area is 108 Å². The number of para-hydroxylation sites is 1. The van der Waals surface area contributed by atoms with E-state index >= 15 is 0 Å². The first kappa shape index (κ1) is 13.1. The summed E-state index contributed by atoms with van der Waals surface area (Å²) in [6.07, 6.45) is 1.89. The van der Waals surface area contributed by atoms with Crippen LogP contribution in [-0.4, -0.2) is 26.2 Å². The highest BCUT2D eigenvalue weighted by Crippen LogP contribution is 2.19. The van der Waals surface area contributed by atoms with Crippen molar-refractivity contribution < 1.29 is 9.53 Å². The van der Waals surface area contributed by atoms with E-state index in [0.29, 0.717) is 6.61 Å². The number of carbonyl (C=O) groups is 1. The van der Waals surface area contributed by atoms with Crippen LogP contribution < -0.4 is 10.6 Å². The van der Waals surface area contributed by atoms with Gasteiger partial charge in [-0.3, -0.25) is 4.79 Å². The molecule has 4 heteroatoms. The van der Waals surface area contributed by atoms with Crippen molar-refractivity contribution in [3.63, 3.8) is 0 Å². The van der Waals surface area contributed by atoms with Crippen molar-refractivity contribution >= 4 is 11.6 Å².